The molecule has 45 heavy (non-hydrogen) atoms. The molecule has 1 saturated heterocycles. The molecule has 0 unspecified atom stereocenters. The number of hydrogen-bond acceptors (Lipinski definition) is 3. The Bertz CT molecular complexity index is 1690. The summed E-state index contributed by atoms with van der Waals surface area (Å²) >= 11 is 6.38. The van der Waals surface area contributed by atoms with Crippen LogP contribution in [0.1, 0.15) is 79.1 Å². The van der Waals surface area contributed by atoms with Crippen molar-refractivity contribution in [1.82, 2.24) is 9.88 Å². The monoisotopic (exact) mass is 615 g/mol. The van der Waals surface area contributed by atoms with Crippen LogP contribution in [0.15, 0.2) is 96.6 Å². The number of likely N-dealkylation sites (tertiary alicyclic amines) is 1. The van der Waals surface area contributed by atoms with E-state index in [0.29, 0.717) is 5.02 Å². The van der Waals surface area contributed by atoms with Gasteiger partial charge < -0.3 is 10.3 Å². The zero-order valence-electron chi connectivity index (χ0n) is 27.2. The van der Waals surface area contributed by atoms with E-state index in [2.05, 4.69) is 80.5 Å². The van der Waals surface area contributed by atoms with E-state index in [-0.39, 0.29) is 0 Å². The lowest BCUT2D eigenvalue weighted by atomic mass is 9.85. The number of nitrogens with one attached hydrogen (secondary N) is 1. The zero-order valence-corrected chi connectivity index (χ0v) is 27.9. The van der Waals surface area contributed by atoms with Crippen LogP contribution in [-0.2, 0) is 6.42 Å². The number of allylic oxidation sites excluding steroid dienone is 7. The number of fused-ring (bicyclic) bond motifs is 1. The summed E-state index contributed by atoms with van der Waals surface area (Å²) < 4.78 is 0. The first-order chi connectivity index (χ1) is 21.9. The first kappa shape index (κ1) is 32.6. The van der Waals surface area contributed by atoms with Gasteiger partial charge in [-0.3, -0.25) is 4.98 Å². The lowest BCUT2D eigenvalue weighted by molar-refractivity contribution is 0.252. The van der Waals surface area contributed by atoms with Gasteiger partial charge >= 0.3 is 0 Å². The van der Waals surface area contributed by atoms with Gasteiger partial charge in [-0.2, -0.15) is 0 Å². The fourth-order valence-electron chi connectivity index (χ4n) is 7.19. The SMILES string of the molecule is C=CC1=C(/C=C\C)CCc2ccccc2C1=C1CCN(CCCCC(=C)c2c(C)nc(C)c(C=N)c2-c2cccc(Cl)c2)CC1. The summed E-state index contributed by atoms with van der Waals surface area (Å²) in [5, 5.41) is 8.83. The van der Waals surface area contributed by atoms with Gasteiger partial charge in [0, 0.05) is 52.4 Å². The highest BCUT2D eigenvalue weighted by Gasteiger charge is 2.24. The lowest BCUT2D eigenvalue weighted by Crippen LogP contribution is -2.32. The smallest absolute Gasteiger partial charge is 0.0470 e. The van der Waals surface area contributed by atoms with E-state index in [0.717, 1.165) is 104 Å². The van der Waals surface area contributed by atoms with Gasteiger partial charge in [-0.05, 0) is 123 Å². The average molecular weight is 616 g/mol. The second kappa shape index (κ2) is 15.0. The fraction of sp³-hybridized carbons (Fsp3) is 0.317. The van der Waals surface area contributed by atoms with Crippen LogP contribution in [-0.4, -0.2) is 35.7 Å². The quantitative estimate of drug-likeness (QED) is 0.182. The minimum atomic E-state index is 0.686. The van der Waals surface area contributed by atoms with E-state index in [1.54, 1.807) is 5.57 Å². The molecule has 3 aromatic rings. The summed E-state index contributed by atoms with van der Waals surface area (Å²) in [7, 11) is 0. The van der Waals surface area contributed by atoms with E-state index in [9.17, 15) is 0 Å². The number of aryl methyl sites for hydroxylation is 3. The molecule has 0 atom stereocenters. The summed E-state index contributed by atoms with van der Waals surface area (Å²) in [6.07, 6.45) is 15.4. The van der Waals surface area contributed by atoms with Crippen molar-refractivity contribution in [1.29, 1.82) is 5.41 Å². The van der Waals surface area contributed by atoms with E-state index < -0.39 is 0 Å². The third-order valence-corrected chi connectivity index (χ3v) is 9.61. The van der Waals surface area contributed by atoms with Crippen LogP contribution in [0.3, 0.4) is 0 Å². The van der Waals surface area contributed by atoms with Crippen molar-refractivity contribution in [3.63, 3.8) is 0 Å². The van der Waals surface area contributed by atoms with Crippen LogP contribution in [0, 0.1) is 19.3 Å². The van der Waals surface area contributed by atoms with Gasteiger partial charge in [0.1, 0.15) is 0 Å². The minimum absolute atomic E-state index is 0.686. The van der Waals surface area contributed by atoms with Gasteiger partial charge in [0.2, 0.25) is 0 Å². The maximum absolute atomic E-state index is 8.15. The van der Waals surface area contributed by atoms with Crippen LogP contribution in [0.2, 0.25) is 5.02 Å². The molecule has 2 heterocycles. The molecule has 0 amide bonds. The number of unbranched alkanes of at least 4 members (excludes halogenated alkanes) is 1. The number of piperidine rings is 1. The largest absolute Gasteiger partial charge is 0.308 e. The van der Waals surface area contributed by atoms with Crippen molar-refractivity contribution in [3.05, 3.63) is 135 Å². The molecular formula is C41H46ClN3. The first-order valence-electron chi connectivity index (χ1n) is 16.3. The minimum Gasteiger partial charge on any atom is -0.308 e. The molecule has 0 spiro atoms. The molecule has 1 aromatic heterocycles. The second-order valence-corrected chi connectivity index (χ2v) is 12.7. The maximum atomic E-state index is 8.15. The Balaban J connectivity index is 1.26. The highest BCUT2D eigenvalue weighted by molar-refractivity contribution is 6.30. The molecule has 0 bridgehead atoms. The molecule has 3 nitrogen and oxygen atoms in total. The highest BCUT2D eigenvalue weighted by atomic mass is 35.5. The lowest BCUT2D eigenvalue weighted by Gasteiger charge is -2.30. The van der Waals surface area contributed by atoms with Crippen LogP contribution < -0.4 is 0 Å². The molecule has 2 aromatic carbocycles. The number of rotatable bonds is 10. The predicted octanol–water partition coefficient (Wildman–Crippen LogP) is 10.8. The van der Waals surface area contributed by atoms with E-state index in [1.807, 2.05) is 25.1 Å². The molecule has 0 radical (unpaired) electrons. The normalized spacial score (nSPS) is 15.7. The summed E-state index contributed by atoms with van der Waals surface area (Å²) in [5.74, 6) is 0. The Morgan fingerprint density at radius 2 is 1.78 bits per heavy atom. The van der Waals surface area contributed by atoms with Crippen molar-refractivity contribution in [3.8, 4) is 11.1 Å². The molecule has 232 valence electrons. The molecule has 1 N–H and O–H groups in total. The Kier molecular flexibility index (Phi) is 10.9. The summed E-state index contributed by atoms with van der Waals surface area (Å²) in [6.45, 7) is 18.2. The molecular weight excluding hydrogens is 570 g/mol. The van der Waals surface area contributed by atoms with Crippen molar-refractivity contribution >= 4 is 29.0 Å². The molecule has 2 aliphatic rings. The molecule has 1 fully saturated rings. The number of nitrogens with zero attached hydrogens (tertiary/aromatic N) is 2. The Morgan fingerprint density at radius 3 is 2.49 bits per heavy atom. The van der Waals surface area contributed by atoms with Crippen LogP contribution >= 0.6 is 11.6 Å². The van der Waals surface area contributed by atoms with Gasteiger partial charge in [-0.25, -0.2) is 0 Å². The van der Waals surface area contributed by atoms with Crippen molar-refractivity contribution in [2.24, 2.45) is 0 Å². The van der Waals surface area contributed by atoms with Crippen molar-refractivity contribution < 1.29 is 0 Å². The number of hydrogen-bond donors (Lipinski definition) is 1. The number of halogens is 1. The third-order valence-electron chi connectivity index (χ3n) is 9.37. The second-order valence-electron chi connectivity index (χ2n) is 12.3. The number of aromatic nitrogens is 1. The Hall–Kier alpha value is -3.79. The molecule has 1 aliphatic carbocycles. The summed E-state index contributed by atoms with van der Waals surface area (Å²) in [4.78, 5) is 7.42. The molecule has 0 saturated carbocycles. The van der Waals surface area contributed by atoms with Crippen LogP contribution in [0.25, 0.3) is 22.3 Å². The van der Waals surface area contributed by atoms with Gasteiger partial charge in [0.05, 0.1) is 0 Å². The van der Waals surface area contributed by atoms with E-state index >= 15 is 0 Å². The average Bonchev–Trinajstić information content (AvgIpc) is 3.19. The molecule has 1 aliphatic heterocycles. The van der Waals surface area contributed by atoms with E-state index in [4.69, 9.17) is 22.0 Å². The first-order valence-corrected chi connectivity index (χ1v) is 16.7. The van der Waals surface area contributed by atoms with Crippen LogP contribution in [0.5, 0.6) is 0 Å². The van der Waals surface area contributed by atoms with Crippen molar-refractivity contribution in [2.75, 3.05) is 19.6 Å². The number of pyridine rings is 1. The van der Waals surface area contributed by atoms with E-state index in [1.165, 1.54) is 34.1 Å². The standard InChI is InChI=1S/C41H46ClN3/c1-6-13-31-19-20-32-15-8-9-18-37(32)40(36(31)7-2)33-21-24-45(25-22-33)23-11-10-14-28(3)39-30(5)44-29(4)38(27-43)41(39)34-16-12-17-35(42)26-34/h6-9,12-13,15-18,26-27,43H,2-3,10-11,14,19-25H2,1,4-5H3/b13-6-,43-27?. The Labute approximate surface area is 275 Å². The van der Waals surface area contributed by atoms with Gasteiger partial charge in [-0.15, -0.1) is 0 Å². The Morgan fingerprint density at radius 1 is 1.00 bits per heavy atom. The summed E-state index contributed by atoms with van der Waals surface area (Å²) in [6, 6.07) is 16.9. The molecule has 4 heteroatoms. The predicted molar refractivity (Wildman–Crippen MR) is 194 cm³/mol. The topological polar surface area (TPSA) is 40.0 Å². The molecule has 5 rings (SSSR count). The van der Waals surface area contributed by atoms with Gasteiger partial charge in [0.25, 0.3) is 0 Å². The maximum Gasteiger partial charge on any atom is 0.0470 e. The number of benzene rings is 2. The third kappa shape index (κ3) is 7.21. The van der Waals surface area contributed by atoms with Crippen LogP contribution in [0.4, 0.5) is 0 Å². The van der Waals surface area contributed by atoms with Crippen molar-refractivity contribution in [2.45, 2.75) is 65.7 Å². The fourth-order valence-corrected chi connectivity index (χ4v) is 7.38. The summed E-state index contributed by atoms with van der Waals surface area (Å²) in [5.41, 5.74) is 15.4. The van der Waals surface area contributed by atoms with Gasteiger partial charge in [0.15, 0.2) is 0 Å². The highest BCUT2D eigenvalue weighted by Crippen LogP contribution is 2.40. The zero-order chi connectivity index (χ0) is 31.9. The van der Waals surface area contributed by atoms with Gasteiger partial charge in [-0.1, -0.05) is 85.0 Å².